The third kappa shape index (κ3) is 4.24. The molecular weight excluding hydrogens is 342 g/mol. The molecule has 7 heteroatoms. The van der Waals surface area contributed by atoms with Crippen LogP contribution >= 0.6 is 0 Å². The van der Waals surface area contributed by atoms with Crippen LogP contribution in [0.1, 0.15) is 35.8 Å². The Morgan fingerprint density at radius 2 is 2.11 bits per heavy atom. The van der Waals surface area contributed by atoms with Gasteiger partial charge in [0.05, 0.1) is 12.3 Å². The number of aromatic nitrogens is 1. The average Bonchev–Trinajstić information content (AvgIpc) is 3.17. The predicted octanol–water partition coefficient (Wildman–Crippen LogP) is 2.30. The van der Waals surface area contributed by atoms with Crippen LogP contribution in [0.3, 0.4) is 0 Å². The van der Waals surface area contributed by atoms with Crippen LogP contribution in [0, 0.1) is 0 Å². The van der Waals surface area contributed by atoms with E-state index in [0.29, 0.717) is 6.54 Å². The summed E-state index contributed by atoms with van der Waals surface area (Å²) in [4.78, 5) is 21.5. The molecule has 1 atom stereocenters. The molecule has 2 amide bonds. The number of carbonyl (C=O) groups is 1. The number of hydrogen-bond donors (Lipinski definition) is 2. The quantitative estimate of drug-likeness (QED) is 0.865. The number of pyridine rings is 1. The van der Waals surface area contributed by atoms with Crippen LogP contribution in [0.5, 0.6) is 0 Å². The highest BCUT2D eigenvalue weighted by molar-refractivity contribution is 5.74. The lowest BCUT2D eigenvalue weighted by molar-refractivity contribution is 0.234. The normalized spacial score (nSPS) is 20.2. The van der Waals surface area contributed by atoms with Crippen molar-refractivity contribution in [3.8, 4) is 0 Å². The van der Waals surface area contributed by atoms with Gasteiger partial charge in [0.1, 0.15) is 11.6 Å². The van der Waals surface area contributed by atoms with Gasteiger partial charge in [-0.05, 0) is 37.6 Å². The summed E-state index contributed by atoms with van der Waals surface area (Å²) in [6.45, 7) is 4.59. The fourth-order valence-corrected chi connectivity index (χ4v) is 3.77. The molecular formula is C20H27N5O2. The number of hydrogen-bond acceptors (Lipinski definition) is 5. The number of aryl methyl sites for hydroxylation is 1. The van der Waals surface area contributed by atoms with Gasteiger partial charge in [-0.2, -0.15) is 0 Å². The summed E-state index contributed by atoms with van der Waals surface area (Å²) in [6.07, 6.45) is 6.48. The van der Waals surface area contributed by atoms with Crippen LogP contribution in [0.2, 0.25) is 0 Å². The second kappa shape index (κ2) is 8.00. The molecule has 1 fully saturated rings. The highest BCUT2D eigenvalue weighted by Gasteiger charge is 2.23. The average molecular weight is 369 g/mol. The number of furan rings is 1. The Morgan fingerprint density at radius 1 is 1.26 bits per heavy atom. The Balaban J connectivity index is 1.27. The van der Waals surface area contributed by atoms with E-state index in [0.717, 1.165) is 68.1 Å². The maximum Gasteiger partial charge on any atom is 0.315 e. The summed E-state index contributed by atoms with van der Waals surface area (Å²) < 4.78 is 5.48. The Morgan fingerprint density at radius 3 is 2.89 bits per heavy atom. The number of anilines is 1. The molecule has 0 saturated carbocycles. The minimum absolute atomic E-state index is 0.0326. The molecule has 2 aliphatic rings. The maximum atomic E-state index is 12.3. The van der Waals surface area contributed by atoms with Gasteiger partial charge in [0.25, 0.3) is 0 Å². The molecule has 0 aromatic carbocycles. The fraction of sp³-hybridized carbons (Fsp3) is 0.500. The number of urea groups is 1. The van der Waals surface area contributed by atoms with Crippen molar-refractivity contribution in [3.05, 3.63) is 47.5 Å². The van der Waals surface area contributed by atoms with E-state index in [1.807, 2.05) is 24.4 Å². The zero-order valence-electron chi connectivity index (χ0n) is 15.8. The topological polar surface area (TPSA) is 73.6 Å². The van der Waals surface area contributed by atoms with Crippen molar-refractivity contribution in [2.75, 3.05) is 38.1 Å². The molecule has 0 bridgehead atoms. The molecule has 2 aromatic rings. The van der Waals surface area contributed by atoms with Crippen LogP contribution in [-0.4, -0.2) is 49.1 Å². The lowest BCUT2D eigenvalue weighted by Gasteiger charge is -2.33. The van der Waals surface area contributed by atoms with E-state index in [4.69, 9.17) is 4.42 Å². The first kappa shape index (κ1) is 17.9. The molecule has 1 saturated heterocycles. The van der Waals surface area contributed by atoms with Gasteiger partial charge in [0, 0.05) is 50.9 Å². The smallest absolute Gasteiger partial charge is 0.315 e. The van der Waals surface area contributed by atoms with Gasteiger partial charge in [-0.1, -0.05) is 6.07 Å². The molecule has 1 unspecified atom stereocenters. The Bertz CT molecular complexity index is 765. The van der Waals surface area contributed by atoms with E-state index in [9.17, 15) is 4.79 Å². The first-order valence-corrected chi connectivity index (χ1v) is 9.68. The number of amides is 2. The summed E-state index contributed by atoms with van der Waals surface area (Å²) in [5.41, 5.74) is 2.10. The number of fused-ring (bicyclic) bond motifs is 1. The molecule has 2 N–H and O–H groups in total. The second-order valence-corrected chi connectivity index (χ2v) is 7.39. The van der Waals surface area contributed by atoms with Crippen molar-refractivity contribution >= 4 is 11.8 Å². The summed E-state index contributed by atoms with van der Waals surface area (Å²) >= 11 is 0. The minimum atomic E-state index is -0.155. The molecule has 3 heterocycles. The van der Waals surface area contributed by atoms with E-state index in [-0.39, 0.29) is 12.1 Å². The monoisotopic (exact) mass is 369 g/mol. The first-order valence-electron chi connectivity index (χ1n) is 9.68. The number of nitrogens with one attached hydrogen (secondary N) is 2. The van der Waals surface area contributed by atoms with Crippen LogP contribution in [0.25, 0.3) is 0 Å². The molecule has 144 valence electrons. The molecule has 2 aromatic heterocycles. The van der Waals surface area contributed by atoms with E-state index in [2.05, 4.69) is 32.5 Å². The summed E-state index contributed by atoms with van der Waals surface area (Å²) in [6, 6.07) is 5.91. The SMILES string of the molecule is CN1CCN(c2ccc(CNC(=O)NC3CCCc4occc43)cn2)CC1. The molecule has 4 rings (SSSR count). The van der Waals surface area contributed by atoms with E-state index >= 15 is 0 Å². The third-order valence-corrected chi connectivity index (χ3v) is 5.45. The second-order valence-electron chi connectivity index (χ2n) is 7.39. The Hall–Kier alpha value is -2.54. The van der Waals surface area contributed by atoms with Gasteiger partial charge in [-0.15, -0.1) is 0 Å². The largest absolute Gasteiger partial charge is 0.469 e. The van der Waals surface area contributed by atoms with Crippen molar-refractivity contribution in [2.45, 2.75) is 31.8 Å². The summed E-state index contributed by atoms with van der Waals surface area (Å²) in [5, 5.41) is 5.99. The maximum absolute atomic E-state index is 12.3. The number of carbonyl (C=O) groups excluding carboxylic acids is 1. The van der Waals surface area contributed by atoms with Crippen molar-refractivity contribution in [1.29, 1.82) is 0 Å². The van der Waals surface area contributed by atoms with Crippen molar-refractivity contribution in [1.82, 2.24) is 20.5 Å². The van der Waals surface area contributed by atoms with E-state index < -0.39 is 0 Å². The van der Waals surface area contributed by atoms with Gasteiger partial charge in [0.2, 0.25) is 0 Å². The number of rotatable bonds is 4. The van der Waals surface area contributed by atoms with Crippen molar-refractivity contribution in [2.24, 2.45) is 0 Å². The van der Waals surface area contributed by atoms with Crippen LogP contribution in [-0.2, 0) is 13.0 Å². The van der Waals surface area contributed by atoms with Gasteiger partial charge < -0.3 is 24.9 Å². The van der Waals surface area contributed by atoms with Gasteiger partial charge in [-0.25, -0.2) is 9.78 Å². The zero-order chi connectivity index (χ0) is 18.6. The highest BCUT2D eigenvalue weighted by atomic mass is 16.3. The van der Waals surface area contributed by atoms with Crippen molar-refractivity contribution < 1.29 is 9.21 Å². The van der Waals surface area contributed by atoms with Crippen molar-refractivity contribution in [3.63, 3.8) is 0 Å². The molecule has 0 radical (unpaired) electrons. The summed E-state index contributed by atoms with van der Waals surface area (Å²) in [7, 11) is 2.14. The van der Waals surface area contributed by atoms with Gasteiger partial charge >= 0.3 is 6.03 Å². The molecule has 7 nitrogen and oxygen atoms in total. The van der Waals surface area contributed by atoms with E-state index in [1.54, 1.807) is 6.26 Å². The van der Waals surface area contributed by atoms with Gasteiger partial charge in [0.15, 0.2) is 0 Å². The standard InChI is InChI=1S/C20H27N5O2/c1-24-8-10-25(11-9-24)19-6-5-15(13-21-19)14-22-20(26)23-17-3-2-4-18-16(17)7-12-27-18/h5-7,12-13,17H,2-4,8-11,14H2,1H3,(H2,22,23,26). The van der Waals surface area contributed by atoms with E-state index in [1.165, 1.54) is 0 Å². The third-order valence-electron chi connectivity index (χ3n) is 5.45. The Labute approximate surface area is 159 Å². The Kier molecular flexibility index (Phi) is 5.29. The summed E-state index contributed by atoms with van der Waals surface area (Å²) in [5.74, 6) is 2.00. The zero-order valence-corrected chi connectivity index (χ0v) is 15.8. The predicted molar refractivity (Wildman–Crippen MR) is 104 cm³/mol. The van der Waals surface area contributed by atoms with Crippen LogP contribution < -0.4 is 15.5 Å². The first-order chi connectivity index (χ1) is 13.2. The number of likely N-dealkylation sites (N-methyl/N-ethyl adjacent to an activating group) is 1. The van der Waals surface area contributed by atoms with Gasteiger partial charge in [-0.3, -0.25) is 0 Å². The van der Waals surface area contributed by atoms with Crippen LogP contribution in [0.4, 0.5) is 10.6 Å². The molecule has 1 aliphatic heterocycles. The highest BCUT2D eigenvalue weighted by Crippen LogP contribution is 2.30. The molecule has 0 spiro atoms. The lowest BCUT2D eigenvalue weighted by Crippen LogP contribution is -2.44. The fourth-order valence-electron chi connectivity index (χ4n) is 3.77. The minimum Gasteiger partial charge on any atom is -0.469 e. The molecule has 1 aliphatic carbocycles. The molecule has 27 heavy (non-hydrogen) atoms. The lowest BCUT2D eigenvalue weighted by atomic mass is 9.93. The van der Waals surface area contributed by atoms with Crippen LogP contribution in [0.15, 0.2) is 35.1 Å². The number of piperazine rings is 1. The number of nitrogens with zero attached hydrogens (tertiary/aromatic N) is 3.